The lowest BCUT2D eigenvalue weighted by Crippen LogP contribution is -2.06. The Bertz CT molecular complexity index is 659. The molecule has 112 valence electrons. The quantitative estimate of drug-likeness (QED) is 0.843. The summed E-state index contributed by atoms with van der Waals surface area (Å²) in [7, 11) is 1.69. The Balaban J connectivity index is 2.39. The van der Waals surface area contributed by atoms with Crippen molar-refractivity contribution in [1.82, 2.24) is 9.97 Å². The Morgan fingerprint density at radius 2 is 1.52 bits per heavy atom. The molecule has 0 aliphatic rings. The van der Waals surface area contributed by atoms with Gasteiger partial charge in [0.25, 0.3) is 0 Å². The fourth-order valence-corrected chi connectivity index (χ4v) is 1.67. The normalized spacial score (nSPS) is 10.8. The van der Waals surface area contributed by atoms with E-state index in [9.17, 15) is 13.2 Å². The lowest BCUT2D eigenvalue weighted by Gasteiger charge is -2.12. The Labute approximate surface area is 120 Å². The lowest BCUT2D eigenvalue weighted by molar-refractivity contribution is 0.496. The first kappa shape index (κ1) is 15.1. The largest absolute Gasteiger partial charge is 0.373 e. The zero-order valence-corrected chi connectivity index (χ0v) is 11.8. The van der Waals surface area contributed by atoms with Gasteiger partial charge in [-0.05, 0) is 0 Å². The molecular formula is C14H15F3N4. The summed E-state index contributed by atoms with van der Waals surface area (Å²) in [5.74, 6) is -1.82. The van der Waals surface area contributed by atoms with Gasteiger partial charge in [-0.3, -0.25) is 0 Å². The molecule has 0 spiro atoms. The van der Waals surface area contributed by atoms with Gasteiger partial charge in [0.2, 0.25) is 0 Å². The van der Waals surface area contributed by atoms with Crippen molar-refractivity contribution in [2.45, 2.75) is 19.8 Å². The van der Waals surface area contributed by atoms with Crippen LogP contribution in [0.2, 0.25) is 0 Å². The smallest absolute Gasteiger partial charge is 0.161 e. The third-order valence-electron chi connectivity index (χ3n) is 2.79. The van der Waals surface area contributed by atoms with Crippen LogP contribution in [0, 0.1) is 17.5 Å². The zero-order valence-electron chi connectivity index (χ0n) is 11.8. The van der Waals surface area contributed by atoms with Crippen LogP contribution in [0.5, 0.6) is 0 Å². The first-order chi connectivity index (χ1) is 9.90. The molecule has 0 bridgehead atoms. The van der Waals surface area contributed by atoms with E-state index in [-0.39, 0.29) is 11.6 Å². The van der Waals surface area contributed by atoms with E-state index in [1.165, 1.54) is 0 Å². The van der Waals surface area contributed by atoms with E-state index in [1.807, 2.05) is 13.8 Å². The summed E-state index contributed by atoms with van der Waals surface area (Å²) in [6.07, 6.45) is 0. The molecule has 4 nitrogen and oxygen atoms in total. The molecule has 7 heteroatoms. The van der Waals surface area contributed by atoms with Crippen LogP contribution in [0.25, 0.3) is 0 Å². The van der Waals surface area contributed by atoms with Crippen LogP contribution >= 0.6 is 0 Å². The van der Waals surface area contributed by atoms with Crippen LogP contribution in [0.3, 0.4) is 0 Å². The van der Waals surface area contributed by atoms with Gasteiger partial charge < -0.3 is 10.6 Å². The molecular weight excluding hydrogens is 281 g/mol. The first-order valence-corrected chi connectivity index (χ1v) is 6.39. The predicted octanol–water partition coefficient (Wildman–Crippen LogP) is 3.80. The van der Waals surface area contributed by atoms with E-state index in [0.29, 0.717) is 23.5 Å². The molecule has 1 aromatic heterocycles. The monoisotopic (exact) mass is 296 g/mol. The number of rotatable bonds is 4. The minimum absolute atomic E-state index is 0.0636. The Kier molecular flexibility index (Phi) is 4.30. The summed E-state index contributed by atoms with van der Waals surface area (Å²) >= 11 is 0. The number of halogens is 3. The van der Waals surface area contributed by atoms with Gasteiger partial charge in [-0.25, -0.2) is 23.1 Å². The minimum atomic E-state index is -1.24. The van der Waals surface area contributed by atoms with E-state index >= 15 is 0 Å². The Hall–Kier alpha value is -2.31. The van der Waals surface area contributed by atoms with Crippen molar-refractivity contribution >= 4 is 17.3 Å². The number of nitrogens with one attached hydrogen (secondary N) is 2. The fourth-order valence-electron chi connectivity index (χ4n) is 1.67. The third kappa shape index (κ3) is 3.42. The van der Waals surface area contributed by atoms with Gasteiger partial charge in [-0.2, -0.15) is 0 Å². The molecule has 0 amide bonds. The minimum Gasteiger partial charge on any atom is -0.373 e. The van der Waals surface area contributed by atoms with Crippen molar-refractivity contribution in [2.75, 3.05) is 17.7 Å². The van der Waals surface area contributed by atoms with Crippen LogP contribution in [0.4, 0.5) is 30.5 Å². The third-order valence-corrected chi connectivity index (χ3v) is 2.79. The molecule has 1 heterocycles. The average molecular weight is 296 g/mol. The number of benzene rings is 1. The summed E-state index contributed by atoms with van der Waals surface area (Å²) < 4.78 is 39.7. The molecule has 0 aliphatic carbocycles. The predicted molar refractivity (Wildman–Crippen MR) is 75.3 cm³/mol. The molecule has 0 saturated heterocycles. The standard InChI is InChI=1S/C14H15F3N4/c1-7(2)14-20-12(18-3)6-13(21-14)19-11-5-9(16)8(15)4-10(11)17/h4-7H,1-3H3,(H2,18,19,20,21). The topological polar surface area (TPSA) is 49.8 Å². The maximum absolute atomic E-state index is 13.6. The molecule has 0 saturated carbocycles. The second kappa shape index (κ2) is 5.99. The van der Waals surface area contributed by atoms with Crippen LogP contribution in [-0.4, -0.2) is 17.0 Å². The molecule has 0 unspecified atom stereocenters. The van der Waals surface area contributed by atoms with Gasteiger partial charge in [0.1, 0.15) is 23.3 Å². The molecule has 2 aromatic rings. The van der Waals surface area contributed by atoms with Gasteiger partial charge >= 0.3 is 0 Å². The molecule has 0 fully saturated rings. The maximum Gasteiger partial charge on any atom is 0.161 e. The van der Waals surface area contributed by atoms with E-state index < -0.39 is 17.5 Å². The van der Waals surface area contributed by atoms with Crippen molar-refractivity contribution in [1.29, 1.82) is 0 Å². The van der Waals surface area contributed by atoms with Crippen LogP contribution in [-0.2, 0) is 0 Å². The lowest BCUT2D eigenvalue weighted by atomic mass is 10.2. The highest BCUT2D eigenvalue weighted by Crippen LogP contribution is 2.24. The van der Waals surface area contributed by atoms with E-state index in [2.05, 4.69) is 20.6 Å². The molecule has 0 radical (unpaired) electrons. The fraction of sp³-hybridized carbons (Fsp3) is 0.286. The number of hydrogen-bond acceptors (Lipinski definition) is 4. The molecule has 0 atom stereocenters. The molecule has 2 rings (SSSR count). The Morgan fingerprint density at radius 3 is 2.14 bits per heavy atom. The highest BCUT2D eigenvalue weighted by atomic mass is 19.2. The van der Waals surface area contributed by atoms with Crippen molar-refractivity contribution in [2.24, 2.45) is 0 Å². The number of hydrogen-bond donors (Lipinski definition) is 2. The van der Waals surface area contributed by atoms with Crippen molar-refractivity contribution in [3.63, 3.8) is 0 Å². The van der Waals surface area contributed by atoms with Crippen molar-refractivity contribution in [3.8, 4) is 0 Å². The molecule has 0 aliphatic heterocycles. The van der Waals surface area contributed by atoms with Gasteiger partial charge in [-0.15, -0.1) is 0 Å². The Morgan fingerprint density at radius 1 is 0.905 bits per heavy atom. The van der Waals surface area contributed by atoms with Gasteiger partial charge in [0.15, 0.2) is 11.6 Å². The molecule has 1 aromatic carbocycles. The maximum atomic E-state index is 13.6. The SMILES string of the molecule is CNc1cc(Nc2cc(F)c(F)cc2F)nc(C(C)C)n1. The van der Waals surface area contributed by atoms with Gasteiger partial charge in [0, 0.05) is 31.2 Å². The van der Waals surface area contributed by atoms with Gasteiger partial charge in [-0.1, -0.05) is 13.8 Å². The summed E-state index contributed by atoms with van der Waals surface area (Å²) in [5.41, 5.74) is -0.190. The highest BCUT2D eigenvalue weighted by Gasteiger charge is 2.12. The summed E-state index contributed by atoms with van der Waals surface area (Å²) in [5, 5.41) is 5.50. The average Bonchev–Trinajstić information content (AvgIpc) is 2.44. The second-order valence-electron chi connectivity index (χ2n) is 4.77. The highest BCUT2D eigenvalue weighted by molar-refractivity contribution is 5.60. The number of aromatic nitrogens is 2. The zero-order chi connectivity index (χ0) is 15.6. The van der Waals surface area contributed by atoms with E-state index in [0.717, 1.165) is 6.07 Å². The summed E-state index contributed by atoms with van der Waals surface area (Å²) in [4.78, 5) is 8.48. The first-order valence-electron chi connectivity index (χ1n) is 6.39. The number of anilines is 3. The van der Waals surface area contributed by atoms with Crippen LogP contribution in [0.1, 0.15) is 25.6 Å². The summed E-state index contributed by atoms with van der Waals surface area (Å²) in [6.45, 7) is 3.83. The number of nitrogens with zero attached hydrogens (tertiary/aromatic N) is 2. The summed E-state index contributed by atoms with van der Waals surface area (Å²) in [6, 6.07) is 2.79. The van der Waals surface area contributed by atoms with Crippen molar-refractivity contribution < 1.29 is 13.2 Å². The van der Waals surface area contributed by atoms with Gasteiger partial charge in [0.05, 0.1) is 5.69 Å². The molecule has 2 N–H and O–H groups in total. The van der Waals surface area contributed by atoms with Crippen LogP contribution < -0.4 is 10.6 Å². The second-order valence-corrected chi connectivity index (χ2v) is 4.77. The molecule has 21 heavy (non-hydrogen) atoms. The van der Waals surface area contributed by atoms with E-state index in [4.69, 9.17) is 0 Å². The van der Waals surface area contributed by atoms with Crippen molar-refractivity contribution in [3.05, 3.63) is 41.5 Å². The van der Waals surface area contributed by atoms with E-state index in [1.54, 1.807) is 13.1 Å². The van der Waals surface area contributed by atoms with Crippen LogP contribution in [0.15, 0.2) is 18.2 Å².